The summed E-state index contributed by atoms with van der Waals surface area (Å²) in [5.41, 5.74) is 6.52. The molecule has 1 aliphatic heterocycles. The Balaban J connectivity index is 0.929. The Bertz CT molecular complexity index is 2500. The van der Waals surface area contributed by atoms with Gasteiger partial charge in [0, 0.05) is 101 Å². The van der Waals surface area contributed by atoms with Crippen LogP contribution in [0.3, 0.4) is 0 Å². The highest BCUT2D eigenvalue weighted by atomic mass is 16.4. The van der Waals surface area contributed by atoms with Crippen LogP contribution in [0.2, 0.25) is 0 Å². The summed E-state index contributed by atoms with van der Waals surface area (Å²) in [4.78, 5) is 82.1. The van der Waals surface area contributed by atoms with E-state index in [0.29, 0.717) is 49.6 Å². The third kappa shape index (κ3) is 14.1. The minimum atomic E-state index is -1.08. The van der Waals surface area contributed by atoms with E-state index in [1.807, 2.05) is 25.1 Å². The van der Waals surface area contributed by atoms with E-state index in [9.17, 15) is 54.3 Å². The van der Waals surface area contributed by atoms with Gasteiger partial charge in [0.2, 0.25) is 5.91 Å². The lowest BCUT2D eigenvalue weighted by atomic mass is 9.51. The average molecular weight is 1020 g/mol. The Hall–Kier alpha value is -5.90. The molecule has 400 valence electrons. The lowest BCUT2D eigenvalue weighted by Gasteiger charge is -2.53. The molecule has 17 nitrogen and oxygen atoms in total. The molecule has 0 aromatic heterocycles. The number of ketones is 1. The van der Waals surface area contributed by atoms with Crippen LogP contribution in [0.15, 0.2) is 71.3 Å². The predicted molar refractivity (Wildman–Crippen MR) is 281 cm³/mol. The monoisotopic (exact) mass is 1020 g/mol. The Morgan fingerprint density at radius 2 is 1.38 bits per heavy atom. The minimum absolute atomic E-state index is 0.111. The maximum atomic E-state index is 13.1. The molecule has 0 bridgehead atoms. The number of rotatable bonds is 19. The zero-order valence-corrected chi connectivity index (χ0v) is 43.4. The van der Waals surface area contributed by atoms with Gasteiger partial charge in [0.1, 0.15) is 5.60 Å². The molecule has 3 fully saturated rings. The number of aliphatic hydroxyl groups is 1. The van der Waals surface area contributed by atoms with E-state index in [1.165, 1.54) is 22.3 Å². The van der Waals surface area contributed by atoms with Gasteiger partial charge in [-0.15, -0.1) is 5.92 Å². The van der Waals surface area contributed by atoms with Crippen LogP contribution >= 0.6 is 0 Å². The van der Waals surface area contributed by atoms with Crippen molar-refractivity contribution >= 4 is 46.9 Å². The molecule has 17 heteroatoms. The van der Waals surface area contributed by atoms with Gasteiger partial charge in [-0.25, -0.2) is 0 Å². The number of nitrogens with one attached hydrogen (secondary N) is 1. The molecule has 5 aliphatic rings. The lowest BCUT2D eigenvalue weighted by molar-refractivity contribution is -0.142. The summed E-state index contributed by atoms with van der Waals surface area (Å²) in [5, 5.41) is 53.9. The smallest absolute Gasteiger partial charge is 0.317 e. The molecule has 1 saturated heterocycles. The number of carbonyl (C=O) groups excluding carboxylic acids is 2. The highest BCUT2D eigenvalue weighted by Gasteiger charge is 2.62. The highest BCUT2D eigenvalue weighted by Crippen LogP contribution is 2.66. The van der Waals surface area contributed by atoms with Crippen molar-refractivity contribution in [2.45, 2.75) is 108 Å². The van der Waals surface area contributed by atoms with Crippen molar-refractivity contribution < 1.29 is 54.3 Å². The maximum absolute atomic E-state index is 13.1. The summed E-state index contributed by atoms with van der Waals surface area (Å²) in [6.45, 7) is 4.99. The van der Waals surface area contributed by atoms with Crippen LogP contribution < -0.4 is 10.2 Å². The number of amides is 1. The van der Waals surface area contributed by atoms with Crippen molar-refractivity contribution in [1.82, 2.24) is 19.6 Å². The number of hydrogen-bond donors (Lipinski definition) is 6. The number of hydrogen-bond acceptors (Lipinski definition) is 12. The number of nitrogens with zero attached hydrogens (tertiary/aromatic N) is 5. The van der Waals surface area contributed by atoms with Crippen LogP contribution in [0.25, 0.3) is 0 Å². The fourth-order valence-corrected chi connectivity index (χ4v) is 12.9. The summed E-state index contributed by atoms with van der Waals surface area (Å²) in [6, 6.07) is 15.7. The fourth-order valence-electron chi connectivity index (χ4n) is 12.9. The first-order chi connectivity index (χ1) is 35.3. The van der Waals surface area contributed by atoms with E-state index in [4.69, 9.17) is 0 Å². The first kappa shape index (κ1) is 55.8. The number of unbranched alkanes of at least 4 members (excludes halogenated alkanes) is 2. The number of allylic oxidation sites excluding steroid dienone is 4. The SMILES string of the molecule is CC#C[C@]1(O)CCC2C3CCC4=CC(=O)CCC4=C3C(c3ccc(N(C)CCCCCC(=O)Nc4ccc(CC5CN(CC(=O)O)CCN(CC(=O)O)CCN(CC(=O)O)CCN5CC(=O)O)cc4)cc3)C[C@@]21C. The van der Waals surface area contributed by atoms with Gasteiger partial charge >= 0.3 is 23.9 Å². The number of aliphatic carboxylic acids is 4. The van der Waals surface area contributed by atoms with E-state index in [0.717, 1.165) is 62.7 Å². The van der Waals surface area contributed by atoms with Gasteiger partial charge in [-0.3, -0.25) is 48.4 Å². The standard InChI is InChI=1S/C57H76N6O11/c1-4-22-57(74)23-21-49-47-19-13-41-32-45(64)18-20-46(41)55(47)48(33-56(49,57)2)40-11-16-43(17-12-40)59(3)24-7-5-6-8-50(65)58-42-14-9-39(10-15-42)31-44-34-62(37-53(70)71)28-27-60(35-51(66)67)25-26-61(36-52(68)69)29-30-63(44)38-54(72)73/h9-12,14-17,32,44,47-49,74H,5-8,13,18-21,23-31,33-38H2,1-3H3,(H,58,65)(H,66,67)(H,68,69)(H,70,71)(H,72,73)/t44?,47?,48?,49?,56-,57-/m0/s1. The summed E-state index contributed by atoms with van der Waals surface area (Å²) in [7, 11) is 2.09. The second-order valence-electron chi connectivity index (χ2n) is 21.5. The minimum Gasteiger partial charge on any atom is -0.480 e. The first-order valence-corrected chi connectivity index (χ1v) is 26.5. The van der Waals surface area contributed by atoms with Crippen molar-refractivity contribution in [1.29, 1.82) is 0 Å². The molecular formula is C57H76N6O11. The largest absolute Gasteiger partial charge is 0.480 e. The number of carboxylic acid groups (broad SMARTS) is 4. The Morgan fingerprint density at radius 3 is 2.01 bits per heavy atom. The zero-order valence-electron chi connectivity index (χ0n) is 43.4. The molecule has 4 unspecified atom stereocenters. The summed E-state index contributed by atoms with van der Waals surface area (Å²) in [5.74, 6) is 2.98. The molecule has 74 heavy (non-hydrogen) atoms. The molecule has 0 radical (unpaired) electrons. The van der Waals surface area contributed by atoms with Crippen LogP contribution in [0.5, 0.6) is 0 Å². The van der Waals surface area contributed by atoms with Crippen LogP contribution in [0.1, 0.15) is 102 Å². The molecule has 2 aromatic carbocycles. The fraction of sp³-hybridized carbons (Fsp3) is 0.579. The third-order valence-electron chi connectivity index (χ3n) is 16.6. The topological polar surface area (TPSA) is 232 Å². The van der Waals surface area contributed by atoms with Gasteiger partial charge in [0.25, 0.3) is 0 Å². The maximum Gasteiger partial charge on any atom is 0.317 e. The normalized spacial score (nSPS) is 26.2. The van der Waals surface area contributed by atoms with Crippen molar-refractivity contribution in [3.63, 3.8) is 0 Å². The second-order valence-corrected chi connectivity index (χ2v) is 21.5. The van der Waals surface area contributed by atoms with E-state index < -0.39 is 35.5 Å². The van der Waals surface area contributed by atoms with Gasteiger partial charge in [0.15, 0.2) is 5.78 Å². The van der Waals surface area contributed by atoms with Gasteiger partial charge in [0.05, 0.1) is 26.2 Å². The molecule has 0 spiro atoms. The van der Waals surface area contributed by atoms with Gasteiger partial charge in [-0.2, -0.15) is 0 Å². The molecule has 1 amide bonds. The Morgan fingerprint density at radius 1 is 0.757 bits per heavy atom. The van der Waals surface area contributed by atoms with Crippen LogP contribution in [0, 0.1) is 29.1 Å². The lowest BCUT2D eigenvalue weighted by Crippen LogP contribution is -2.53. The zero-order chi connectivity index (χ0) is 53.2. The first-order valence-electron chi connectivity index (χ1n) is 26.5. The van der Waals surface area contributed by atoms with Crippen molar-refractivity contribution in [3.05, 3.63) is 82.5 Å². The Kier molecular flexibility index (Phi) is 18.9. The number of fused-ring (bicyclic) bond motifs is 4. The van der Waals surface area contributed by atoms with Crippen LogP contribution in [-0.2, 0) is 35.2 Å². The van der Waals surface area contributed by atoms with Crippen molar-refractivity contribution in [3.8, 4) is 11.8 Å². The molecule has 6 atom stereocenters. The number of carboxylic acids is 4. The van der Waals surface area contributed by atoms with E-state index in [-0.39, 0.29) is 95.0 Å². The molecule has 6 N–H and O–H groups in total. The average Bonchev–Trinajstić information content (AvgIpc) is 3.61. The predicted octanol–water partition coefficient (Wildman–Crippen LogP) is 5.45. The van der Waals surface area contributed by atoms with Crippen molar-refractivity contribution in [2.24, 2.45) is 17.3 Å². The summed E-state index contributed by atoms with van der Waals surface area (Å²) >= 11 is 0. The van der Waals surface area contributed by atoms with E-state index in [2.05, 4.69) is 60.3 Å². The number of anilines is 2. The molecule has 7 rings (SSSR count). The van der Waals surface area contributed by atoms with Crippen molar-refractivity contribution in [2.75, 3.05) is 95.8 Å². The number of benzene rings is 2. The molecular weight excluding hydrogens is 945 g/mol. The molecule has 2 saturated carbocycles. The van der Waals surface area contributed by atoms with E-state index in [1.54, 1.807) is 31.7 Å². The summed E-state index contributed by atoms with van der Waals surface area (Å²) in [6.07, 6.45) is 10.8. The molecule has 2 aromatic rings. The van der Waals surface area contributed by atoms with Crippen LogP contribution in [-0.4, -0.2) is 178 Å². The highest BCUT2D eigenvalue weighted by molar-refractivity contribution is 5.93. The van der Waals surface area contributed by atoms with Gasteiger partial charge in [-0.1, -0.05) is 49.1 Å². The quantitative estimate of drug-likeness (QED) is 0.0759. The van der Waals surface area contributed by atoms with Gasteiger partial charge < -0.3 is 35.7 Å². The Labute approximate surface area is 435 Å². The van der Waals surface area contributed by atoms with Gasteiger partial charge in [-0.05, 0) is 129 Å². The third-order valence-corrected chi connectivity index (χ3v) is 16.6. The molecule has 4 aliphatic carbocycles. The van der Waals surface area contributed by atoms with Crippen LogP contribution in [0.4, 0.5) is 11.4 Å². The second kappa shape index (κ2) is 25.1. The molecule has 1 heterocycles. The summed E-state index contributed by atoms with van der Waals surface area (Å²) < 4.78 is 0. The number of carbonyl (C=O) groups is 6. The van der Waals surface area contributed by atoms with E-state index >= 15 is 0 Å².